The van der Waals surface area contributed by atoms with E-state index in [1.54, 1.807) is 4.68 Å². The number of benzene rings is 1. The van der Waals surface area contributed by atoms with Crippen LogP contribution in [0.2, 0.25) is 0 Å². The third-order valence-corrected chi connectivity index (χ3v) is 4.40. The van der Waals surface area contributed by atoms with Gasteiger partial charge in [0.05, 0.1) is 5.69 Å². The summed E-state index contributed by atoms with van der Waals surface area (Å²) in [5.74, 6) is -1.20. The van der Waals surface area contributed by atoms with Gasteiger partial charge in [-0.05, 0) is 46.9 Å². The van der Waals surface area contributed by atoms with Crippen molar-refractivity contribution in [2.75, 3.05) is 20.1 Å². The average molecular weight is 336 g/mol. The van der Waals surface area contributed by atoms with Crippen LogP contribution in [-0.2, 0) is 6.54 Å². The Labute approximate surface area is 142 Å². The third kappa shape index (κ3) is 4.19. The molecule has 0 fully saturated rings. The first-order chi connectivity index (χ1) is 11.3. The number of nitrogens with zero attached hydrogens (tertiary/aromatic N) is 3. The van der Waals surface area contributed by atoms with E-state index in [1.807, 2.05) is 13.8 Å². The fourth-order valence-corrected chi connectivity index (χ4v) is 2.55. The molecule has 0 bridgehead atoms. The molecule has 0 saturated carbocycles. The van der Waals surface area contributed by atoms with Gasteiger partial charge < -0.3 is 10.2 Å². The molecular weight excluding hydrogens is 310 g/mol. The van der Waals surface area contributed by atoms with Crippen LogP contribution in [0, 0.1) is 25.5 Å². The molecule has 0 spiro atoms. The largest absolute Gasteiger partial charge is 0.311 e. The maximum Gasteiger partial charge on any atom is 0.151 e. The summed E-state index contributed by atoms with van der Waals surface area (Å²) in [5, 5.41) is 7.83. The first-order valence-corrected chi connectivity index (χ1v) is 8.22. The zero-order chi connectivity index (χ0) is 17.9. The van der Waals surface area contributed by atoms with Crippen molar-refractivity contribution in [1.82, 2.24) is 20.0 Å². The van der Waals surface area contributed by atoms with Crippen molar-refractivity contribution in [2.24, 2.45) is 0 Å². The van der Waals surface area contributed by atoms with Gasteiger partial charge in [-0.25, -0.2) is 13.5 Å². The van der Waals surface area contributed by atoms with Crippen molar-refractivity contribution in [1.29, 1.82) is 0 Å². The van der Waals surface area contributed by atoms with Crippen molar-refractivity contribution in [3.63, 3.8) is 0 Å². The molecule has 4 nitrogen and oxygen atoms in total. The molecule has 0 amide bonds. The van der Waals surface area contributed by atoms with E-state index in [2.05, 4.69) is 36.2 Å². The Morgan fingerprint density at radius 2 is 1.96 bits per heavy atom. The lowest BCUT2D eigenvalue weighted by Crippen LogP contribution is -2.33. The van der Waals surface area contributed by atoms with E-state index in [0.717, 1.165) is 36.1 Å². The van der Waals surface area contributed by atoms with Crippen LogP contribution >= 0.6 is 0 Å². The number of aryl methyl sites for hydroxylation is 1. The second kappa shape index (κ2) is 7.85. The van der Waals surface area contributed by atoms with Crippen LogP contribution in [0.3, 0.4) is 0 Å². The predicted octanol–water partition coefficient (Wildman–Crippen LogP) is 3.20. The van der Waals surface area contributed by atoms with E-state index in [-0.39, 0.29) is 5.69 Å². The smallest absolute Gasteiger partial charge is 0.151 e. The van der Waals surface area contributed by atoms with Gasteiger partial charge in [0.25, 0.3) is 0 Å². The maximum absolute atomic E-state index is 14.0. The first kappa shape index (κ1) is 18.5. The summed E-state index contributed by atoms with van der Waals surface area (Å²) in [5.41, 5.74) is 3.03. The van der Waals surface area contributed by atoms with Gasteiger partial charge in [0.15, 0.2) is 5.82 Å². The molecule has 1 aromatic carbocycles. The fourth-order valence-electron chi connectivity index (χ4n) is 2.55. The van der Waals surface area contributed by atoms with Crippen LogP contribution in [0.25, 0.3) is 5.69 Å². The molecule has 6 heteroatoms. The molecule has 0 aliphatic heterocycles. The Morgan fingerprint density at radius 3 is 2.58 bits per heavy atom. The van der Waals surface area contributed by atoms with E-state index >= 15 is 0 Å². The minimum Gasteiger partial charge on any atom is -0.311 e. The Kier molecular flexibility index (Phi) is 6.07. The van der Waals surface area contributed by atoms with Gasteiger partial charge in [-0.3, -0.25) is 0 Å². The van der Waals surface area contributed by atoms with Crippen molar-refractivity contribution >= 4 is 0 Å². The highest BCUT2D eigenvalue weighted by atomic mass is 19.1. The van der Waals surface area contributed by atoms with Crippen LogP contribution in [-0.4, -0.2) is 40.9 Å². The highest BCUT2D eigenvalue weighted by Gasteiger charge is 2.15. The molecule has 0 saturated heterocycles. The van der Waals surface area contributed by atoms with E-state index in [1.165, 1.54) is 12.1 Å². The lowest BCUT2D eigenvalue weighted by atomic mass is 10.2. The van der Waals surface area contributed by atoms with Crippen LogP contribution in [0.4, 0.5) is 8.78 Å². The molecule has 0 radical (unpaired) electrons. The summed E-state index contributed by atoms with van der Waals surface area (Å²) in [6, 6.07) is 4.05. The minimum absolute atomic E-state index is 0.266. The number of halogens is 2. The van der Waals surface area contributed by atoms with E-state index < -0.39 is 11.6 Å². The average Bonchev–Trinajstić information content (AvgIpc) is 2.78. The number of aromatic nitrogens is 2. The first-order valence-electron chi connectivity index (χ1n) is 8.22. The van der Waals surface area contributed by atoms with Crippen LogP contribution in [0.5, 0.6) is 0 Å². The van der Waals surface area contributed by atoms with Gasteiger partial charge in [0.2, 0.25) is 0 Å². The number of hydrogen-bond acceptors (Lipinski definition) is 3. The molecular formula is C18H26F2N4. The SMILES string of the molecule is Cc1nn(-c2ccc(F)cc2F)c(C)c1CNCCN(C)C(C)C. The zero-order valence-electron chi connectivity index (χ0n) is 15.0. The minimum atomic E-state index is -0.612. The predicted molar refractivity (Wildman–Crippen MR) is 92.4 cm³/mol. The molecule has 2 rings (SSSR count). The maximum atomic E-state index is 14.0. The molecule has 0 atom stereocenters. The topological polar surface area (TPSA) is 33.1 Å². The summed E-state index contributed by atoms with van der Waals surface area (Å²) in [7, 11) is 2.10. The lowest BCUT2D eigenvalue weighted by molar-refractivity contribution is 0.273. The molecule has 2 aromatic rings. The second-order valence-corrected chi connectivity index (χ2v) is 6.41. The zero-order valence-corrected chi connectivity index (χ0v) is 15.0. The Hall–Kier alpha value is -1.79. The Morgan fingerprint density at radius 1 is 1.25 bits per heavy atom. The molecule has 0 aliphatic rings. The quantitative estimate of drug-likeness (QED) is 0.788. The van der Waals surface area contributed by atoms with E-state index in [4.69, 9.17) is 0 Å². The number of hydrogen-bond donors (Lipinski definition) is 1. The van der Waals surface area contributed by atoms with Gasteiger partial charge in [-0.15, -0.1) is 0 Å². The van der Waals surface area contributed by atoms with Gasteiger partial charge in [0.1, 0.15) is 11.5 Å². The highest BCUT2D eigenvalue weighted by molar-refractivity contribution is 5.38. The van der Waals surface area contributed by atoms with Gasteiger partial charge in [-0.1, -0.05) is 0 Å². The van der Waals surface area contributed by atoms with Crippen molar-refractivity contribution in [3.8, 4) is 5.69 Å². The Bertz CT molecular complexity index is 695. The highest BCUT2D eigenvalue weighted by Crippen LogP contribution is 2.20. The van der Waals surface area contributed by atoms with Gasteiger partial charge in [-0.2, -0.15) is 5.10 Å². The molecule has 1 aromatic heterocycles. The summed E-state index contributed by atoms with van der Waals surface area (Å²) >= 11 is 0. The van der Waals surface area contributed by atoms with Crippen molar-refractivity contribution in [3.05, 3.63) is 46.8 Å². The monoisotopic (exact) mass is 336 g/mol. The molecule has 24 heavy (non-hydrogen) atoms. The number of rotatable bonds is 7. The number of likely N-dealkylation sites (N-methyl/N-ethyl adjacent to an activating group) is 1. The normalized spacial score (nSPS) is 11.7. The summed E-state index contributed by atoms with van der Waals surface area (Å²) < 4.78 is 28.6. The van der Waals surface area contributed by atoms with Crippen molar-refractivity contribution < 1.29 is 8.78 Å². The van der Waals surface area contributed by atoms with E-state index in [9.17, 15) is 8.78 Å². The number of nitrogens with one attached hydrogen (secondary N) is 1. The summed E-state index contributed by atoms with van der Waals surface area (Å²) in [6.45, 7) is 10.6. The lowest BCUT2D eigenvalue weighted by Gasteiger charge is -2.20. The molecule has 1 heterocycles. The summed E-state index contributed by atoms with van der Waals surface area (Å²) in [4.78, 5) is 2.27. The van der Waals surface area contributed by atoms with Crippen LogP contribution in [0.1, 0.15) is 30.8 Å². The molecule has 0 unspecified atom stereocenters. The molecule has 0 aliphatic carbocycles. The van der Waals surface area contributed by atoms with E-state index in [0.29, 0.717) is 12.6 Å². The van der Waals surface area contributed by atoms with Crippen LogP contribution in [0.15, 0.2) is 18.2 Å². The summed E-state index contributed by atoms with van der Waals surface area (Å²) in [6.07, 6.45) is 0. The third-order valence-electron chi connectivity index (χ3n) is 4.40. The Balaban J connectivity index is 2.09. The second-order valence-electron chi connectivity index (χ2n) is 6.41. The van der Waals surface area contributed by atoms with Gasteiger partial charge >= 0.3 is 0 Å². The fraction of sp³-hybridized carbons (Fsp3) is 0.500. The standard InChI is InChI=1S/C18H26F2N4/c1-12(2)23(5)9-8-21-11-16-13(3)22-24(14(16)4)18-7-6-15(19)10-17(18)20/h6-7,10,12,21H,8-9,11H2,1-5H3. The van der Waals surface area contributed by atoms with Crippen LogP contribution < -0.4 is 5.32 Å². The molecule has 1 N–H and O–H groups in total. The van der Waals surface area contributed by atoms with Gasteiger partial charge in [0, 0.05) is 43.0 Å². The van der Waals surface area contributed by atoms with Crippen molar-refractivity contribution in [2.45, 2.75) is 40.3 Å². The molecule has 132 valence electrons.